The molecule has 2 saturated heterocycles. The molecule has 3 aliphatic rings. The predicted octanol–water partition coefficient (Wildman–Crippen LogP) is 3.65. The number of rotatable bonds is 4. The highest BCUT2D eigenvalue weighted by Gasteiger charge is 2.45. The van der Waals surface area contributed by atoms with E-state index in [1.807, 2.05) is 17.0 Å². The van der Waals surface area contributed by atoms with E-state index in [1.54, 1.807) is 0 Å². The molecule has 0 unspecified atom stereocenters. The van der Waals surface area contributed by atoms with Gasteiger partial charge in [-0.15, -0.1) is 0 Å². The summed E-state index contributed by atoms with van der Waals surface area (Å²) in [5.74, 6) is 0.512. The minimum absolute atomic E-state index is 0.161. The van der Waals surface area contributed by atoms with E-state index in [1.165, 1.54) is 18.4 Å². The molecular formula is C22H30N2O2. The third kappa shape index (κ3) is 3.51. The number of amides is 2. The molecule has 3 fully saturated rings. The largest absolute Gasteiger partial charge is 0.339 e. The number of aryl methyl sites for hydroxylation is 1. The molecule has 0 radical (unpaired) electrons. The summed E-state index contributed by atoms with van der Waals surface area (Å²) in [4.78, 5) is 29.2. The van der Waals surface area contributed by atoms with E-state index in [4.69, 9.17) is 0 Å². The number of carbonyl (C=O) groups is 2. The molecule has 0 bridgehead atoms. The average Bonchev–Trinajstić information content (AvgIpc) is 3.50. The van der Waals surface area contributed by atoms with Gasteiger partial charge in [0.1, 0.15) is 0 Å². The van der Waals surface area contributed by atoms with Crippen molar-refractivity contribution in [2.45, 2.75) is 64.3 Å². The fourth-order valence-electron chi connectivity index (χ4n) is 4.64. The lowest BCUT2D eigenvalue weighted by atomic mass is 9.72. The van der Waals surface area contributed by atoms with E-state index < -0.39 is 0 Å². The molecule has 4 rings (SSSR count). The highest BCUT2D eigenvalue weighted by atomic mass is 16.2. The predicted molar refractivity (Wildman–Crippen MR) is 102 cm³/mol. The zero-order chi connectivity index (χ0) is 18.1. The molecule has 0 aromatic heterocycles. The monoisotopic (exact) mass is 354 g/mol. The second-order valence-electron chi connectivity index (χ2n) is 8.49. The Morgan fingerprint density at radius 1 is 1.12 bits per heavy atom. The fraction of sp³-hybridized carbons (Fsp3) is 0.636. The SMILES string of the molecule is CCCc1ccc(C(=O)N2CCC3(CCC(=O)N(C4CC4)C3)CC2)cc1. The van der Waals surface area contributed by atoms with Crippen molar-refractivity contribution in [3.05, 3.63) is 35.4 Å². The Morgan fingerprint density at radius 2 is 1.81 bits per heavy atom. The highest BCUT2D eigenvalue weighted by molar-refractivity contribution is 5.94. The van der Waals surface area contributed by atoms with Gasteiger partial charge in [-0.1, -0.05) is 25.5 Å². The molecule has 26 heavy (non-hydrogen) atoms. The standard InChI is InChI=1S/C22H30N2O2/c1-2-3-17-4-6-18(7-5-17)21(26)23-14-12-22(13-15-23)11-10-20(25)24(16-22)19-8-9-19/h4-7,19H,2-3,8-16H2,1H3. The minimum Gasteiger partial charge on any atom is -0.339 e. The van der Waals surface area contributed by atoms with Gasteiger partial charge in [0, 0.05) is 37.7 Å². The van der Waals surface area contributed by atoms with Crippen LogP contribution in [0.2, 0.25) is 0 Å². The van der Waals surface area contributed by atoms with E-state index in [9.17, 15) is 9.59 Å². The van der Waals surface area contributed by atoms with Gasteiger partial charge in [-0.25, -0.2) is 0 Å². The second kappa shape index (κ2) is 7.05. The first-order chi connectivity index (χ1) is 12.6. The Labute approximate surface area is 156 Å². The van der Waals surface area contributed by atoms with Gasteiger partial charge in [0.25, 0.3) is 5.91 Å². The minimum atomic E-state index is 0.161. The normalized spacial score (nSPS) is 22.7. The van der Waals surface area contributed by atoms with Crippen molar-refractivity contribution in [1.82, 2.24) is 9.80 Å². The molecule has 1 saturated carbocycles. The lowest BCUT2D eigenvalue weighted by Gasteiger charge is -2.47. The Bertz CT molecular complexity index is 670. The number of nitrogens with zero attached hydrogens (tertiary/aromatic N) is 2. The molecule has 4 heteroatoms. The van der Waals surface area contributed by atoms with Gasteiger partial charge in [0.2, 0.25) is 5.91 Å². The van der Waals surface area contributed by atoms with Gasteiger partial charge in [-0.2, -0.15) is 0 Å². The van der Waals surface area contributed by atoms with Crippen molar-refractivity contribution in [3.8, 4) is 0 Å². The second-order valence-corrected chi connectivity index (χ2v) is 8.49. The van der Waals surface area contributed by atoms with Gasteiger partial charge >= 0.3 is 0 Å². The molecule has 1 spiro atoms. The molecule has 4 nitrogen and oxygen atoms in total. The van der Waals surface area contributed by atoms with E-state index in [-0.39, 0.29) is 11.3 Å². The topological polar surface area (TPSA) is 40.6 Å². The summed E-state index contributed by atoms with van der Waals surface area (Å²) < 4.78 is 0. The van der Waals surface area contributed by atoms with Crippen LogP contribution in [0.4, 0.5) is 0 Å². The maximum atomic E-state index is 12.8. The van der Waals surface area contributed by atoms with Gasteiger partial charge < -0.3 is 9.80 Å². The number of piperidine rings is 2. The summed E-state index contributed by atoms with van der Waals surface area (Å²) in [5.41, 5.74) is 2.35. The lowest BCUT2D eigenvalue weighted by molar-refractivity contribution is -0.139. The molecular weight excluding hydrogens is 324 g/mol. The van der Waals surface area contributed by atoms with E-state index in [2.05, 4.69) is 24.0 Å². The number of benzene rings is 1. The maximum absolute atomic E-state index is 12.8. The van der Waals surface area contributed by atoms with Crippen LogP contribution >= 0.6 is 0 Å². The zero-order valence-corrected chi connectivity index (χ0v) is 15.9. The Morgan fingerprint density at radius 3 is 2.42 bits per heavy atom. The van der Waals surface area contributed by atoms with Crippen LogP contribution in [0.3, 0.4) is 0 Å². The van der Waals surface area contributed by atoms with E-state index in [0.29, 0.717) is 18.4 Å². The molecule has 0 N–H and O–H groups in total. The van der Waals surface area contributed by atoms with Crippen molar-refractivity contribution >= 4 is 11.8 Å². The van der Waals surface area contributed by atoms with Crippen molar-refractivity contribution < 1.29 is 9.59 Å². The van der Waals surface area contributed by atoms with Crippen LogP contribution in [0.15, 0.2) is 24.3 Å². The van der Waals surface area contributed by atoms with Crippen molar-refractivity contribution in [3.63, 3.8) is 0 Å². The summed E-state index contributed by atoms with van der Waals surface area (Å²) in [7, 11) is 0. The van der Waals surface area contributed by atoms with E-state index >= 15 is 0 Å². The van der Waals surface area contributed by atoms with Crippen LogP contribution in [-0.2, 0) is 11.2 Å². The molecule has 2 amide bonds. The van der Waals surface area contributed by atoms with Crippen LogP contribution in [0.1, 0.15) is 67.8 Å². The molecule has 1 aromatic carbocycles. The summed E-state index contributed by atoms with van der Waals surface area (Å²) in [5, 5.41) is 0. The molecule has 1 aliphatic carbocycles. The van der Waals surface area contributed by atoms with Gasteiger partial charge in [-0.05, 0) is 61.6 Å². The fourth-order valence-corrected chi connectivity index (χ4v) is 4.64. The number of hydrogen-bond acceptors (Lipinski definition) is 2. The third-order valence-electron chi connectivity index (χ3n) is 6.53. The molecule has 140 valence electrons. The van der Waals surface area contributed by atoms with Crippen molar-refractivity contribution in [1.29, 1.82) is 0 Å². The first-order valence-corrected chi connectivity index (χ1v) is 10.3. The van der Waals surface area contributed by atoms with Crippen LogP contribution in [0, 0.1) is 5.41 Å². The third-order valence-corrected chi connectivity index (χ3v) is 6.53. The van der Waals surface area contributed by atoms with Crippen LogP contribution in [-0.4, -0.2) is 47.3 Å². The quantitative estimate of drug-likeness (QED) is 0.828. The van der Waals surface area contributed by atoms with Crippen molar-refractivity contribution in [2.24, 2.45) is 5.41 Å². The molecule has 2 heterocycles. The van der Waals surface area contributed by atoms with Gasteiger partial charge in [0.15, 0.2) is 0 Å². The number of likely N-dealkylation sites (tertiary alicyclic amines) is 2. The Balaban J connectivity index is 1.37. The molecule has 0 atom stereocenters. The highest BCUT2D eigenvalue weighted by Crippen LogP contribution is 2.43. The first-order valence-electron chi connectivity index (χ1n) is 10.3. The summed E-state index contributed by atoms with van der Waals surface area (Å²) in [6, 6.07) is 8.64. The summed E-state index contributed by atoms with van der Waals surface area (Å²) >= 11 is 0. The van der Waals surface area contributed by atoms with Crippen LogP contribution < -0.4 is 0 Å². The first kappa shape index (κ1) is 17.6. The average molecular weight is 354 g/mol. The van der Waals surface area contributed by atoms with Gasteiger partial charge in [0.05, 0.1) is 0 Å². The van der Waals surface area contributed by atoms with E-state index in [0.717, 1.165) is 57.3 Å². The molecule has 1 aromatic rings. The lowest BCUT2D eigenvalue weighted by Crippen LogP contribution is -2.52. The smallest absolute Gasteiger partial charge is 0.253 e. The number of hydrogen-bond donors (Lipinski definition) is 0. The van der Waals surface area contributed by atoms with Crippen LogP contribution in [0.25, 0.3) is 0 Å². The Hall–Kier alpha value is -1.84. The summed E-state index contributed by atoms with van der Waals surface area (Å²) in [6.07, 6.45) is 8.32. The molecule has 2 aliphatic heterocycles. The number of carbonyl (C=O) groups excluding carboxylic acids is 2. The van der Waals surface area contributed by atoms with Gasteiger partial charge in [-0.3, -0.25) is 9.59 Å². The maximum Gasteiger partial charge on any atom is 0.253 e. The zero-order valence-electron chi connectivity index (χ0n) is 15.9. The van der Waals surface area contributed by atoms with Crippen molar-refractivity contribution in [2.75, 3.05) is 19.6 Å². The van der Waals surface area contributed by atoms with Crippen LogP contribution in [0.5, 0.6) is 0 Å². The summed E-state index contributed by atoms with van der Waals surface area (Å²) in [6.45, 7) is 4.74. The Kier molecular flexibility index (Phi) is 4.76.